The molecule has 3 aromatic rings. The number of aromatic nitrogens is 3. The first kappa shape index (κ1) is 24.8. The van der Waals surface area contributed by atoms with Crippen molar-refractivity contribution in [2.24, 2.45) is 0 Å². The first-order valence-corrected chi connectivity index (χ1v) is 12.7. The van der Waals surface area contributed by atoms with Crippen LogP contribution in [0.5, 0.6) is 5.75 Å². The summed E-state index contributed by atoms with van der Waals surface area (Å²) in [5.41, 5.74) is 3.16. The second-order valence-corrected chi connectivity index (χ2v) is 9.75. The molecule has 9 heteroatoms. The Morgan fingerprint density at radius 1 is 1.00 bits per heavy atom. The van der Waals surface area contributed by atoms with Crippen molar-refractivity contribution in [3.8, 4) is 11.4 Å². The Morgan fingerprint density at radius 3 is 2.34 bits per heavy atom. The Hall–Kier alpha value is -3.33. The van der Waals surface area contributed by atoms with Gasteiger partial charge in [-0.1, -0.05) is 49.9 Å². The van der Waals surface area contributed by atoms with Crippen molar-refractivity contribution in [2.75, 3.05) is 39.0 Å². The third-order valence-electron chi connectivity index (χ3n) is 6.15. The average Bonchev–Trinajstić information content (AvgIpc) is 3.36. The van der Waals surface area contributed by atoms with Gasteiger partial charge < -0.3 is 14.5 Å². The SMILES string of the molecule is COc1cccc(CC(=O)N2CCN(C(=O)CSc3nncn3-c3ccc(C(C)C)cc3)CC2)c1. The number of benzene rings is 2. The molecule has 2 amide bonds. The van der Waals surface area contributed by atoms with Gasteiger partial charge in [-0.05, 0) is 41.3 Å². The minimum Gasteiger partial charge on any atom is -0.497 e. The van der Waals surface area contributed by atoms with Crippen molar-refractivity contribution in [2.45, 2.75) is 31.3 Å². The third kappa shape index (κ3) is 6.22. The molecule has 0 bridgehead atoms. The lowest BCUT2D eigenvalue weighted by molar-refractivity contribution is -0.137. The molecular weight excluding hydrogens is 462 g/mol. The maximum Gasteiger partial charge on any atom is 0.233 e. The average molecular weight is 494 g/mol. The molecule has 1 aliphatic rings. The quantitative estimate of drug-likeness (QED) is 0.448. The molecule has 4 rings (SSSR count). The van der Waals surface area contributed by atoms with Crippen LogP contribution >= 0.6 is 11.8 Å². The van der Waals surface area contributed by atoms with Gasteiger partial charge in [-0.25, -0.2) is 0 Å². The zero-order valence-corrected chi connectivity index (χ0v) is 21.2. The molecule has 1 aliphatic heterocycles. The van der Waals surface area contributed by atoms with Gasteiger partial charge in [0.15, 0.2) is 5.16 Å². The first-order valence-electron chi connectivity index (χ1n) is 11.8. The molecule has 0 N–H and O–H groups in total. The van der Waals surface area contributed by atoms with Crippen LogP contribution in [0.3, 0.4) is 0 Å². The smallest absolute Gasteiger partial charge is 0.233 e. The van der Waals surface area contributed by atoms with E-state index >= 15 is 0 Å². The number of methoxy groups -OCH3 is 1. The van der Waals surface area contributed by atoms with E-state index in [1.165, 1.54) is 17.3 Å². The van der Waals surface area contributed by atoms with Gasteiger partial charge >= 0.3 is 0 Å². The lowest BCUT2D eigenvalue weighted by Gasteiger charge is -2.34. The number of hydrogen-bond acceptors (Lipinski definition) is 6. The highest BCUT2D eigenvalue weighted by Crippen LogP contribution is 2.22. The van der Waals surface area contributed by atoms with Crippen molar-refractivity contribution >= 4 is 23.6 Å². The maximum absolute atomic E-state index is 12.8. The molecule has 184 valence electrons. The summed E-state index contributed by atoms with van der Waals surface area (Å²) in [6, 6.07) is 15.9. The topological polar surface area (TPSA) is 80.6 Å². The Kier molecular flexibility index (Phi) is 8.07. The second kappa shape index (κ2) is 11.4. The molecule has 0 spiro atoms. The molecule has 0 aliphatic carbocycles. The van der Waals surface area contributed by atoms with Crippen LogP contribution in [0, 0.1) is 0 Å². The van der Waals surface area contributed by atoms with E-state index in [0.29, 0.717) is 43.7 Å². The van der Waals surface area contributed by atoms with Crippen molar-refractivity contribution in [1.29, 1.82) is 0 Å². The largest absolute Gasteiger partial charge is 0.497 e. The summed E-state index contributed by atoms with van der Waals surface area (Å²) in [5, 5.41) is 8.92. The predicted molar refractivity (Wildman–Crippen MR) is 136 cm³/mol. The number of hydrogen-bond donors (Lipinski definition) is 0. The summed E-state index contributed by atoms with van der Waals surface area (Å²) in [6.45, 7) is 6.47. The van der Waals surface area contributed by atoms with E-state index in [0.717, 1.165) is 17.0 Å². The number of rotatable bonds is 8. The van der Waals surface area contributed by atoms with Gasteiger partial charge in [0.2, 0.25) is 11.8 Å². The van der Waals surface area contributed by atoms with Crippen LogP contribution < -0.4 is 4.74 Å². The Labute approximate surface area is 210 Å². The fourth-order valence-electron chi connectivity index (χ4n) is 4.01. The number of nitrogens with zero attached hydrogens (tertiary/aromatic N) is 5. The van der Waals surface area contributed by atoms with Gasteiger partial charge in [-0.2, -0.15) is 0 Å². The Morgan fingerprint density at radius 2 is 1.69 bits per heavy atom. The lowest BCUT2D eigenvalue weighted by atomic mass is 10.0. The molecule has 2 heterocycles. The summed E-state index contributed by atoms with van der Waals surface area (Å²) in [4.78, 5) is 29.2. The Bertz CT molecular complexity index is 1150. The van der Waals surface area contributed by atoms with Gasteiger partial charge in [0.05, 0.1) is 19.3 Å². The number of thioether (sulfide) groups is 1. The zero-order chi connectivity index (χ0) is 24.8. The normalized spacial score (nSPS) is 13.8. The minimum atomic E-state index is 0.0413. The summed E-state index contributed by atoms with van der Waals surface area (Å²) in [6.07, 6.45) is 2.00. The van der Waals surface area contributed by atoms with E-state index in [-0.39, 0.29) is 17.6 Å². The van der Waals surface area contributed by atoms with Crippen LogP contribution in [0.4, 0.5) is 0 Å². The molecule has 0 radical (unpaired) electrons. The molecule has 0 atom stereocenters. The van der Waals surface area contributed by atoms with Gasteiger partial charge in [-0.15, -0.1) is 10.2 Å². The van der Waals surface area contributed by atoms with Crippen molar-refractivity contribution in [3.63, 3.8) is 0 Å². The van der Waals surface area contributed by atoms with Gasteiger partial charge in [0, 0.05) is 31.9 Å². The fraction of sp³-hybridized carbons (Fsp3) is 0.385. The van der Waals surface area contributed by atoms with Crippen LogP contribution in [0.15, 0.2) is 60.0 Å². The molecule has 0 saturated carbocycles. The first-order chi connectivity index (χ1) is 16.9. The highest BCUT2D eigenvalue weighted by Gasteiger charge is 2.24. The van der Waals surface area contributed by atoms with E-state index in [1.54, 1.807) is 13.4 Å². The minimum absolute atomic E-state index is 0.0413. The van der Waals surface area contributed by atoms with E-state index in [2.05, 4.69) is 36.2 Å². The molecule has 1 saturated heterocycles. The van der Waals surface area contributed by atoms with Gasteiger partial charge in [0.25, 0.3) is 0 Å². The Balaban J connectivity index is 1.27. The van der Waals surface area contributed by atoms with E-state index in [4.69, 9.17) is 4.74 Å². The highest BCUT2D eigenvalue weighted by atomic mass is 32.2. The van der Waals surface area contributed by atoms with Crippen LogP contribution in [0.2, 0.25) is 0 Å². The number of piperazine rings is 1. The molecule has 0 unspecified atom stereocenters. The fourth-order valence-corrected chi connectivity index (χ4v) is 4.84. The molecule has 1 fully saturated rings. The summed E-state index contributed by atoms with van der Waals surface area (Å²) < 4.78 is 7.14. The van der Waals surface area contributed by atoms with E-state index in [9.17, 15) is 9.59 Å². The van der Waals surface area contributed by atoms with E-state index in [1.807, 2.05) is 50.8 Å². The van der Waals surface area contributed by atoms with E-state index < -0.39 is 0 Å². The maximum atomic E-state index is 12.8. The molecular formula is C26H31N5O3S. The summed E-state index contributed by atoms with van der Waals surface area (Å²) in [5.74, 6) is 1.59. The van der Waals surface area contributed by atoms with Crippen LogP contribution in [0.1, 0.15) is 30.9 Å². The van der Waals surface area contributed by atoms with Crippen LogP contribution in [-0.2, 0) is 16.0 Å². The molecule has 35 heavy (non-hydrogen) atoms. The number of amides is 2. The predicted octanol–water partition coefficient (Wildman–Crippen LogP) is 3.40. The highest BCUT2D eigenvalue weighted by molar-refractivity contribution is 7.99. The molecule has 2 aromatic carbocycles. The second-order valence-electron chi connectivity index (χ2n) is 8.81. The van der Waals surface area contributed by atoms with Crippen molar-refractivity contribution in [3.05, 3.63) is 66.0 Å². The van der Waals surface area contributed by atoms with Gasteiger partial charge in [-0.3, -0.25) is 14.2 Å². The summed E-state index contributed by atoms with van der Waals surface area (Å²) in [7, 11) is 1.61. The number of ether oxygens (including phenoxy) is 1. The van der Waals surface area contributed by atoms with Gasteiger partial charge in [0.1, 0.15) is 12.1 Å². The standard InChI is InChI=1S/C26H31N5O3S/c1-19(2)21-7-9-22(10-8-21)31-18-27-28-26(31)35-17-25(33)30-13-11-29(12-14-30)24(32)16-20-5-4-6-23(15-20)34-3/h4-10,15,18-19H,11-14,16-17H2,1-3H3. The summed E-state index contributed by atoms with van der Waals surface area (Å²) >= 11 is 1.38. The third-order valence-corrected chi connectivity index (χ3v) is 7.08. The lowest BCUT2D eigenvalue weighted by Crippen LogP contribution is -2.51. The van der Waals surface area contributed by atoms with Crippen molar-refractivity contribution in [1.82, 2.24) is 24.6 Å². The van der Waals surface area contributed by atoms with Crippen LogP contribution in [0.25, 0.3) is 5.69 Å². The van der Waals surface area contributed by atoms with Crippen LogP contribution in [-0.4, -0.2) is 75.4 Å². The molecule has 8 nitrogen and oxygen atoms in total. The monoisotopic (exact) mass is 493 g/mol. The van der Waals surface area contributed by atoms with Crippen molar-refractivity contribution < 1.29 is 14.3 Å². The zero-order valence-electron chi connectivity index (χ0n) is 20.4. The number of carbonyl (C=O) groups is 2. The molecule has 1 aromatic heterocycles. The number of carbonyl (C=O) groups excluding carboxylic acids is 2.